The molecule has 0 aliphatic rings. The van der Waals surface area contributed by atoms with Crippen LogP contribution in [-0.4, -0.2) is 18.1 Å². The molecule has 0 rings (SSSR count). The molecule has 0 N–H and O–H groups in total. The van der Waals surface area contributed by atoms with Crippen LogP contribution in [0.2, 0.25) is 0 Å². The van der Waals surface area contributed by atoms with Crippen LogP contribution in [0.4, 0.5) is 8.78 Å². The van der Waals surface area contributed by atoms with Crippen molar-refractivity contribution in [1.82, 2.24) is 0 Å². The van der Waals surface area contributed by atoms with Gasteiger partial charge in [0.25, 0.3) is 0 Å². The van der Waals surface area contributed by atoms with Crippen molar-refractivity contribution in [2.45, 2.75) is 25.4 Å². The summed E-state index contributed by atoms with van der Waals surface area (Å²) in [6.45, 7) is 2.26. The largest absolute Gasteiger partial charge is 0.258 e. The lowest BCUT2D eigenvalue weighted by molar-refractivity contribution is 0.499. The molecule has 1 unspecified atom stereocenters. The molecule has 0 radical (unpaired) electrons. The Kier molecular flexibility index (Phi) is 5.49. The molecular formula is C6H10ClF2N. The Morgan fingerprint density at radius 2 is 2.30 bits per heavy atom. The second-order valence-electron chi connectivity index (χ2n) is 1.86. The van der Waals surface area contributed by atoms with Crippen LogP contribution in [0.5, 0.6) is 0 Å². The van der Waals surface area contributed by atoms with E-state index in [1.807, 2.05) is 6.92 Å². The molecule has 0 bridgehead atoms. The maximum Gasteiger partial charge on any atom is 0.241 e. The highest BCUT2D eigenvalue weighted by atomic mass is 35.5. The summed E-state index contributed by atoms with van der Waals surface area (Å²) in [5.74, 6) is -1.12. The van der Waals surface area contributed by atoms with Gasteiger partial charge in [-0.1, -0.05) is 24.9 Å². The van der Waals surface area contributed by atoms with Crippen LogP contribution < -0.4 is 0 Å². The standard InChI is InChI=1S/C6H10ClF2N/c1-2-3-4-10-6(9)5(7)8/h5H,2-4H2,1H3. The van der Waals surface area contributed by atoms with E-state index < -0.39 is 11.6 Å². The molecule has 4 heteroatoms. The lowest BCUT2D eigenvalue weighted by Gasteiger charge is -1.93. The quantitative estimate of drug-likeness (QED) is 0.349. The predicted molar refractivity (Wildman–Crippen MR) is 39.1 cm³/mol. The predicted octanol–water partition coefficient (Wildman–Crippen LogP) is 2.69. The Morgan fingerprint density at radius 3 is 2.70 bits per heavy atom. The van der Waals surface area contributed by atoms with Gasteiger partial charge in [-0.25, -0.2) is 4.39 Å². The Labute approximate surface area is 64.1 Å². The van der Waals surface area contributed by atoms with Gasteiger partial charge in [-0.05, 0) is 6.42 Å². The zero-order valence-corrected chi connectivity index (χ0v) is 6.54. The first-order valence-electron chi connectivity index (χ1n) is 3.16. The van der Waals surface area contributed by atoms with Gasteiger partial charge < -0.3 is 0 Å². The Balaban J connectivity index is 3.48. The van der Waals surface area contributed by atoms with Crippen molar-refractivity contribution in [2.24, 2.45) is 4.99 Å². The maximum absolute atomic E-state index is 12.1. The minimum atomic E-state index is -2.07. The van der Waals surface area contributed by atoms with Crippen LogP contribution in [-0.2, 0) is 0 Å². The molecule has 0 aromatic carbocycles. The lowest BCUT2D eigenvalue weighted by Crippen LogP contribution is -2.02. The maximum atomic E-state index is 12.1. The van der Waals surface area contributed by atoms with E-state index in [1.54, 1.807) is 0 Å². The van der Waals surface area contributed by atoms with Crippen molar-refractivity contribution < 1.29 is 8.78 Å². The van der Waals surface area contributed by atoms with Crippen molar-refractivity contribution in [3.63, 3.8) is 0 Å². The highest BCUT2D eigenvalue weighted by Crippen LogP contribution is 2.02. The molecule has 1 atom stereocenters. The van der Waals surface area contributed by atoms with E-state index in [0.29, 0.717) is 6.54 Å². The summed E-state index contributed by atoms with van der Waals surface area (Å²) in [6.07, 6.45) is 1.67. The van der Waals surface area contributed by atoms with Gasteiger partial charge in [0, 0.05) is 6.54 Å². The van der Waals surface area contributed by atoms with Crippen molar-refractivity contribution in [3.8, 4) is 0 Å². The van der Waals surface area contributed by atoms with Crippen molar-refractivity contribution >= 4 is 17.6 Å². The minimum Gasteiger partial charge on any atom is -0.258 e. The van der Waals surface area contributed by atoms with E-state index in [2.05, 4.69) is 4.99 Å². The first-order chi connectivity index (χ1) is 4.68. The molecule has 0 saturated heterocycles. The Bertz CT molecular complexity index is 114. The number of nitrogens with zero attached hydrogens (tertiary/aromatic N) is 1. The number of hydrogen-bond acceptors (Lipinski definition) is 1. The molecular weight excluding hydrogens is 160 g/mol. The number of halogens is 3. The highest BCUT2D eigenvalue weighted by Gasteiger charge is 2.07. The smallest absolute Gasteiger partial charge is 0.241 e. The normalized spacial score (nSPS) is 15.4. The Hall–Kier alpha value is -0.180. The van der Waals surface area contributed by atoms with Gasteiger partial charge in [0.1, 0.15) is 0 Å². The van der Waals surface area contributed by atoms with Gasteiger partial charge in [0.2, 0.25) is 11.6 Å². The molecule has 0 saturated carbocycles. The third kappa shape index (κ3) is 4.68. The van der Waals surface area contributed by atoms with E-state index >= 15 is 0 Å². The topological polar surface area (TPSA) is 12.4 Å². The monoisotopic (exact) mass is 169 g/mol. The third-order valence-corrected chi connectivity index (χ3v) is 1.13. The SMILES string of the molecule is CCCCN=C(F)C(F)Cl. The lowest BCUT2D eigenvalue weighted by atomic mass is 10.3. The minimum absolute atomic E-state index is 0.315. The van der Waals surface area contributed by atoms with Crippen molar-refractivity contribution in [2.75, 3.05) is 6.54 Å². The molecule has 0 fully saturated rings. The summed E-state index contributed by atoms with van der Waals surface area (Å²) in [5, 5.41) is 0. The number of aliphatic imine (C=N–C) groups is 1. The average Bonchev–Trinajstić information content (AvgIpc) is 1.88. The number of rotatable bonds is 4. The zero-order chi connectivity index (χ0) is 7.98. The van der Waals surface area contributed by atoms with E-state index in [-0.39, 0.29) is 0 Å². The van der Waals surface area contributed by atoms with E-state index in [4.69, 9.17) is 11.6 Å². The summed E-state index contributed by atoms with van der Waals surface area (Å²) in [7, 11) is 0. The summed E-state index contributed by atoms with van der Waals surface area (Å²) in [4.78, 5) is 3.26. The molecule has 0 amide bonds. The molecule has 0 aliphatic heterocycles. The molecule has 0 heterocycles. The Morgan fingerprint density at radius 1 is 1.70 bits per heavy atom. The summed E-state index contributed by atoms with van der Waals surface area (Å²) in [6, 6.07) is 0. The van der Waals surface area contributed by atoms with E-state index in [9.17, 15) is 8.78 Å². The molecule has 1 nitrogen and oxygen atoms in total. The molecule has 0 aromatic heterocycles. The van der Waals surface area contributed by atoms with Crippen molar-refractivity contribution in [1.29, 1.82) is 0 Å². The van der Waals surface area contributed by atoms with Crippen LogP contribution in [0.25, 0.3) is 0 Å². The fourth-order valence-electron chi connectivity index (χ4n) is 0.413. The number of alkyl halides is 2. The number of hydrogen-bond donors (Lipinski definition) is 0. The molecule has 0 aromatic rings. The molecule has 0 spiro atoms. The van der Waals surface area contributed by atoms with Crippen LogP contribution in [0, 0.1) is 0 Å². The second kappa shape index (κ2) is 5.59. The third-order valence-electron chi connectivity index (χ3n) is 0.955. The molecule has 60 valence electrons. The van der Waals surface area contributed by atoms with Crippen LogP contribution in [0.1, 0.15) is 19.8 Å². The summed E-state index contributed by atoms with van der Waals surface area (Å²) < 4.78 is 23.9. The second-order valence-corrected chi connectivity index (χ2v) is 2.24. The van der Waals surface area contributed by atoms with Gasteiger partial charge in [-0.2, -0.15) is 4.39 Å². The van der Waals surface area contributed by atoms with Crippen LogP contribution in [0.3, 0.4) is 0 Å². The van der Waals surface area contributed by atoms with Crippen LogP contribution >= 0.6 is 11.6 Å². The van der Waals surface area contributed by atoms with Gasteiger partial charge >= 0.3 is 0 Å². The average molecular weight is 170 g/mol. The van der Waals surface area contributed by atoms with Crippen LogP contribution in [0.15, 0.2) is 4.99 Å². The zero-order valence-electron chi connectivity index (χ0n) is 5.78. The molecule has 10 heavy (non-hydrogen) atoms. The van der Waals surface area contributed by atoms with Gasteiger partial charge in [0.05, 0.1) is 0 Å². The summed E-state index contributed by atoms with van der Waals surface area (Å²) in [5.41, 5.74) is -2.07. The van der Waals surface area contributed by atoms with Gasteiger partial charge in [-0.3, -0.25) is 4.99 Å². The van der Waals surface area contributed by atoms with E-state index in [1.165, 1.54) is 0 Å². The summed E-state index contributed by atoms with van der Waals surface area (Å²) >= 11 is 4.73. The fourth-order valence-corrected chi connectivity index (χ4v) is 0.482. The number of unbranched alkanes of at least 4 members (excludes halogenated alkanes) is 1. The van der Waals surface area contributed by atoms with Gasteiger partial charge in [-0.15, -0.1) is 0 Å². The molecule has 0 aliphatic carbocycles. The van der Waals surface area contributed by atoms with E-state index in [0.717, 1.165) is 12.8 Å². The van der Waals surface area contributed by atoms with Gasteiger partial charge in [0.15, 0.2) is 0 Å². The fraction of sp³-hybridized carbons (Fsp3) is 0.833. The first-order valence-corrected chi connectivity index (χ1v) is 3.60. The first kappa shape index (κ1) is 9.82. The van der Waals surface area contributed by atoms with Crippen molar-refractivity contribution in [3.05, 3.63) is 0 Å². The highest BCUT2D eigenvalue weighted by molar-refractivity contribution is 6.29.